The monoisotopic (exact) mass is 355 g/mol. The molecule has 1 amide bonds. The maximum atomic E-state index is 10.8. The van der Waals surface area contributed by atoms with Gasteiger partial charge in [0.15, 0.2) is 0 Å². The van der Waals surface area contributed by atoms with Crippen LogP contribution < -0.4 is 5.73 Å². The molecule has 0 bridgehead atoms. The first-order chi connectivity index (χ1) is 7.31. The summed E-state index contributed by atoms with van der Waals surface area (Å²) in [6, 6.07) is 0. The van der Waals surface area contributed by atoms with Crippen LogP contribution in [0.25, 0.3) is 0 Å². The zero-order chi connectivity index (χ0) is 12.5. The maximum Gasteiger partial charge on any atom is 0.220 e. The van der Waals surface area contributed by atoms with Crippen molar-refractivity contribution in [1.29, 1.82) is 0 Å². The molecule has 0 heterocycles. The second-order valence-corrected chi connectivity index (χ2v) is 5.12. The van der Waals surface area contributed by atoms with Gasteiger partial charge in [-0.15, -0.1) is 0 Å². The highest BCUT2D eigenvalue weighted by Gasteiger charge is 2.42. The molecule has 0 radical (unpaired) electrons. The van der Waals surface area contributed by atoms with E-state index in [1.807, 2.05) is 0 Å². The highest BCUT2D eigenvalue weighted by molar-refractivity contribution is 9.12. The van der Waals surface area contributed by atoms with Gasteiger partial charge in [-0.1, -0.05) is 0 Å². The normalized spacial score (nSPS) is 30.1. The van der Waals surface area contributed by atoms with E-state index in [9.17, 15) is 15.0 Å². The van der Waals surface area contributed by atoms with E-state index in [1.54, 1.807) is 0 Å². The second-order valence-electron chi connectivity index (χ2n) is 3.41. The Kier molecular flexibility index (Phi) is 4.17. The lowest BCUT2D eigenvalue weighted by Gasteiger charge is -2.33. The van der Waals surface area contributed by atoms with E-state index in [0.717, 1.165) is 0 Å². The molecule has 4 N–H and O–H groups in total. The minimum Gasteiger partial charge on any atom is -0.495 e. The van der Waals surface area contributed by atoms with Crippen LogP contribution in [0.15, 0.2) is 20.8 Å². The fourth-order valence-corrected chi connectivity index (χ4v) is 3.25. The molecule has 0 saturated heterocycles. The van der Waals surface area contributed by atoms with Crippen molar-refractivity contribution in [2.75, 3.05) is 7.11 Å². The predicted octanol–water partition coefficient (Wildman–Crippen LogP) is 0.499. The molecule has 2 atom stereocenters. The number of methoxy groups -OCH3 is 1. The Morgan fingerprint density at radius 1 is 1.69 bits per heavy atom. The molecule has 0 aromatic rings. The number of aliphatic hydroxyl groups is 2. The van der Waals surface area contributed by atoms with Crippen LogP contribution in [-0.4, -0.2) is 34.9 Å². The van der Waals surface area contributed by atoms with Crippen LogP contribution in [0.5, 0.6) is 0 Å². The lowest BCUT2D eigenvalue weighted by molar-refractivity contribution is -0.124. The summed E-state index contributed by atoms with van der Waals surface area (Å²) >= 11 is 6.28. The third kappa shape index (κ3) is 2.48. The predicted molar refractivity (Wildman–Crippen MR) is 64.7 cm³/mol. The molecule has 16 heavy (non-hydrogen) atoms. The summed E-state index contributed by atoms with van der Waals surface area (Å²) in [6.07, 6.45) is -0.377. The Morgan fingerprint density at radius 2 is 2.25 bits per heavy atom. The molecule has 90 valence electrons. The van der Waals surface area contributed by atoms with E-state index < -0.39 is 17.6 Å². The van der Waals surface area contributed by atoms with E-state index in [4.69, 9.17) is 10.5 Å². The van der Waals surface area contributed by atoms with Crippen molar-refractivity contribution in [3.05, 3.63) is 20.8 Å². The molecular formula is C9H11Br2NO4. The Bertz CT molecular complexity index is 380. The van der Waals surface area contributed by atoms with Gasteiger partial charge in [0.25, 0.3) is 0 Å². The molecule has 1 aliphatic rings. The van der Waals surface area contributed by atoms with Crippen LogP contribution in [0.1, 0.15) is 6.42 Å². The van der Waals surface area contributed by atoms with Gasteiger partial charge in [0.2, 0.25) is 5.91 Å². The van der Waals surface area contributed by atoms with Crippen molar-refractivity contribution >= 4 is 37.8 Å². The van der Waals surface area contributed by atoms with E-state index in [2.05, 4.69) is 31.9 Å². The van der Waals surface area contributed by atoms with Gasteiger partial charge in [0.05, 0.1) is 22.5 Å². The van der Waals surface area contributed by atoms with Crippen molar-refractivity contribution in [3.8, 4) is 0 Å². The van der Waals surface area contributed by atoms with Crippen LogP contribution in [0, 0.1) is 0 Å². The standard InChI is InChI=1S/C9H11Br2NO4/c1-16-7-4(10)2-9(15,3-5(12)13)8(14)6(7)11/h2,8,14-15H,3H2,1H3,(H2,12,13)/t8-,9+/m0/s1. The number of allylic oxidation sites excluding steroid dienone is 1. The van der Waals surface area contributed by atoms with Crippen molar-refractivity contribution in [3.63, 3.8) is 0 Å². The molecule has 0 spiro atoms. The molecule has 1 aliphatic carbocycles. The Labute approximate surface area is 109 Å². The van der Waals surface area contributed by atoms with Gasteiger partial charge in [-0.2, -0.15) is 0 Å². The third-order valence-electron chi connectivity index (χ3n) is 2.19. The zero-order valence-electron chi connectivity index (χ0n) is 8.41. The van der Waals surface area contributed by atoms with Gasteiger partial charge >= 0.3 is 0 Å². The van der Waals surface area contributed by atoms with Crippen molar-refractivity contribution < 1.29 is 19.7 Å². The van der Waals surface area contributed by atoms with Crippen LogP contribution >= 0.6 is 31.9 Å². The largest absolute Gasteiger partial charge is 0.495 e. The van der Waals surface area contributed by atoms with E-state index in [-0.39, 0.29) is 10.9 Å². The number of rotatable bonds is 3. The number of aliphatic hydroxyl groups excluding tert-OH is 1. The highest BCUT2D eigenvalue weighted by Crippen LogP contribution is 2.39. The minimum absolute atomic E-state index is 0.258. The molecule has 0 unspecified atom stereocenters. The summed E-state index contributed by atoms with van der Waals surface area (Å²) in [4.78, 5) is 10.8. The molecule has 5 nitrogen and oxygen atoms in total. The average molecular weight is 357 g/mol. The van der Waals surface area contributed by atoms with Crippen LogP contribution in [0.4, 0.5) is 0 Å². The first-order valence-electron chi connectivity index (χ1n) is 4.33. The summed E-state index contributed by atoms with van der Waals surface area (Å²) in [5.41, 5.74) is 3.28. The summed E-state index contributed by atoms with van der Waals surface area (Å²) < 4.78 is 5.71. The Hall–Kier alpha value is -0.370. The van der Waals surface area contributed by atoms with E-state index in [1.165, 1.54) is 13.2 Å². The Balaban J connectivity index is 3.13. The molecule has 0 aromatic heterocycles. The quantitative estimate of drug-likeness (QED) is 0.686. The van der Waals surface area contributed by atoms with Crippen molar-refractivity contribution in [2.45, 2.75) is 18.1 Å². The summed E-state index contributed by atoms with van der Waals surface area (Å²) in [7, 11) is 1.43. The number of hydrogen-bond donors (Lipinski definition) is 3. The van der Waals surface area contributed by atoms with Crippen molar-refractivity contribution in [2.24, 2.45) is 5.73 Å². The minimum atomic E-state index is -1.73. The molecular weight excluding hydrogens is 346 g/mol. The van der Waals surface area contributed by atoms with Crippen molar-refractivity contribution in [1.82, 2.24) is 0 Å². The SMILES string of the molecule is COC1=C(Br)[C@H](O)[C@](O)(CC(N)=O)C=C1Br. The zero-order valence-corrected chi connectivity index (χ0v) is 11.6. The van der Waals surface area contributed by atoms with Crippen LogP contribution in [-0.2, 0) is 9.53 Å². The lowest BCUT2D eigenvalue weighted by Crippen LogP contribution is -2.46. The number of amides is 1. The second kappa shape index (κ2) is 4.87. The van der Waals surface area contributed by atoms with Gasteiger partial charge < -0.3 is 20.7 Å². The molecule has 1 rings (SSSR count). The van der Waals surface area contributed by atoms with Crippen LogP contribution in [0.2, 0.25) is 0 Å². The van der Waals surface area contributed by atoms with Crippen LogP contribution in [0.3, 0.4) is 0 Å². The fourth-order valence-electron chi connectivity index (χ4n) is 1.44. The van der Waals surface area contributed by atoms with Gasteiger partial charge in [0.1, 0.15) is 17.5 Å². The first-order valence-corrected chi connectivity index (χ1v) is 5.91. The van der Waals surface area contributed by atoms with Gasteiger partial charge in [-0.3, -0.25) is 4.79 Å². The smallest absolute Gasteiger partial charge is 0.220 e. The number of halogens is 2. The maximum absolute atomic E-state index is 10.8. The Morgan fingerprint density at radius 3 is 2.69 bits per heavy atom. The molecule has 0 saturated carbocycles. The number of hydrogen-bond acceptors (Lipinski definition) is 4. The molecule has 0 fully saturated rings. The lowest BCUT2D eigenvalue weighted by atomic mass is 9.88. The fraction of sp³-hybridized carbons (Fsp3) is 0.444. The van der Waals surface area contributed by atoms with E-state index >= 15 is 0 Å². The van der Waals surface area contributed by atoms with Gasteiger partial charge in [-0.25, -0.2) is 0 Å². The van der Waals surface area contributed by atoms with Gasteiger partial charge in [0, 0.05) is 0 Å². The van der Waals surface area contributed by atoms with Gasteiger partial charge in [-0.05, 0) is 37.9 Å². The average Bonchev–Trinajstić information content (AvgIpc) is 2.14. The number of carbonyl (C=O) groups excluding carboxylic acids is 1. The summed E-state index contributed by atoms with van der Waals surface area (Å²) in [6.45, 7) is 0. The topological polar surface area (TPSA) is 92.8 Å². The number of primary amides is 1. The summed E-state index contributed by atoms with van der Waals surface area (Å²) in [5.74, 6) is -0.346. The molecule has 0 aliphatic heterocycles. The first kappa shape index (κ1) is 13.7. The number of carbonyl (C=O) groups is 1. The molecule has 0 aromatic carbocycles. The number of ether oxygens (including phenoxy) is 1. The number of nitrogens with two attached hydrogens (primary N) is 1. The van der Waals surface area contributed by atoms with E-state index in [0.29, 0.717) is 10.2 Å². The summed E-state index contributed by atoms with van der Waals surface area (Å²) in [5, 5.41) is 19.9. The third-order valence-corrected chi connectivity index (χ3v) is 3.57. The highest BCUT2D eigenvalue weighted by atomic mass is 79.9. The molecule has 7 heteroatoms.